The van der Waals surface area contributed by atoms with Crippen LogP contribution in [0.5, 0.6) is 0 Å². The predicted octanol–water partition coefficient (Wildman–Crippen LogP) is 2.93. The number of para-hydroxylation sites is 1. The lowest BCUT2D eigenvalue weighted by Gasteiger charge is -2.29. The Bertz CT molecular complexity index is 1010. The first-order valence-corrected chi connectivity index (χ1v) is 12.7. The van der Waals surface area contributed by atoms with E-state index in [1.807, 2.05) is 34.1 Å². The van der Waals surface area contributed by atoms with Gasteiger partial charge in [0.05, 0.1) is 13.2 Å². The lowest BCUT2D eigenvalue weighted by molar-refractivity contribution is -0.119. The summed E-state index contributed by atoms with van der Waals surface area (Å²) in [4.78, 5) is 37.1. The molecule has 8 nitrogen and oxygen atoms in total. The Morgan fingerprint density at radius 2 is 1.86 bits per heavy atom. The Hall–Kier alpha value is -2.97. The molecule has 4 rings (SSSR count). The molecule has 35 heavy (non-hydrogen) atoms. The fourth-order valence-corrected chi connectivity index (χ4v) is 4.63. The SMILES string of the molecule is CC(C)CC(=O)N1CCCN(C(=O)c2ccnc(N3CCOCC3)c2)CCNCc2ccccc21. The molecule has 0 saturated carbocycles. The third kappa shape index (κ3) is 6.58. The number of amides is 2. The minimum absolute atomic E-state index is 0.000488. The van der Waals surface area contributed by atoms with Gasteiger partial charge >= 0.3 is 0 Å². The quantitative estimate of drug-likeness (QED) is 0.727. The molecule has 1 aromatic heterocycles. The van der Waals surface area contributed by atoms with Crippen molar-refractivity contribution >= 4 is 23.3 Å². The monoisotopic (exact) mass is 479 g/mol. The van der Waals surface area contributed by atoms with E-state index in [2.05, 4.69) is 35.1 Å². The molecule has 1 saturated heterocycles. The number of rotatable bonds is 4. The molecule has 0 spiro atoms. The molecule has 2 aliphatic heterocycles. The number of anilines is 2. The third-order valence-corrected chi connectivity index (χ3v) is 6.46. The molecule has 1 N–H and O–H groups in total. The van der Waals surface area contributed by atoms with Crippen molar-refractivity contribution in [2.45, 2.75) is 33.2 Å². The Labute approximate surface area is 208 Å². The van der Waals surface area contributed by atoms with Crippen molar-refractivity contribution in [2.75, 3.05) is 62.3 Å². The van der Waals surface area contributed by atoms with E-state index >= 15 is 0 Å². The molecule has 8 heteroatoms. The second kappa shape index (κ2) is 12.1. The molecule has 2 aliphatic rings. The molecule has 1 aromatic carbocycles. The Morgan fingerprint density at radius 1 is 1.06 bits per heavy atom. The largest absolute Gasteiger partial charge is 0.378 e. The fraction of sp³-hybridized carbons (Fsp3) is 0.519. The fourth-order valence-electron chi connectivity index (χ4n) is 4.63. The molecule has 0 aliphatic carbocycles. The molecule has 2 aromatic rings. The second-order valence-corrected chi connectivity index (χ2v) is 9.60. The van der Waals surface area contributed by atoms with Crippen LogP contribution in [0.15, 0.2) is 42.6 Å². The van der Waals surface area contributed by atoms with Crippen LogP contribution in [0.2, 0.25) is 0 Å². The van der Waals surface area contributed by atoms with Gasteiger partial charge in [-0.1, -0.05) is 32.0 Å². The van der Waals surface area contributed by atoms with Crippen molar-refractivity contribution in [3.63, 3.8) is 0 Å². The van der Waals surface area contributed by atoms with Gasteiger partial charge in [-0.05, 0) is 36.1 Å². The van der Waals surface area contributed by atoms with Gasteiger partial charge in [-0.25, -0.2) is 4.98 Å². The van der Waals surface area contributed by atoms with Crippen LogP contribution in [-0.4, -0.2) is 74.2 Å². The van der Waals surface area contributed by atoms with Crippen molar-refractivity contribution in [3.05, 3.63) is 53.7 Å². The topological polar surface area (TPSA) is 78.0 Å². The lowest BCUT2D eigenvalue weighted by Crippen LogP contribution is -2.39. The van der Waals surface area contributed by atoms with Gasteiger partial charge in [0, 0.05) is 69.7 Å². The molecule has 0 atom stereocenters. The van der Waals surface area contributed by atoms with Crippen LogP contribution in [0.25, 0.3) is 0 Å². The maximum Gasteiger partial charge on any atom is 0.254 e. The number of pyridine rings is 1. The first-order chi connectivity index (χ1) is 17.0. The number of carbonyl (C=O) groups is 2. The molecule has 1 fully saturated rings. The van der Waals surface area contributed by atoms with E-state index in [0.717, 1.165) is 30.2 Å². The minimum atomic E-state index is 0.000488. The van der Waals surface area contributed by atoms with E-state index in [1.54, 1.807) is 12.3 Å². The summed E-state index contributed by atoms with van der Waals surface area (Å²) < 4.78 is 5.44. The summed E-state index contributed by atoms with van der Waals surface area (Å²) in [6.07, 6.45) is 2.93. The summed E-state index contributed by atoms with van der Waals surface area (Å²) in [7, 11) is 0. The first-order valence-electron chi connectivity index (χ1n) is 12.7. The predicted molar refractivity (Wildman–Crippen MR) is 138 cm³/mol. The molecule has 2 amide bonds. The summed E-state index contributed by atoms with van der Waals surface area (Å²) in [5, 5.41) is 3.47. The number of ether oxygens (including phenoxy) is 1. The number of nitrogens with zero attached hydrogens (tertiary/aromatic N) is 4. The van der Waals surface area contributed by atoms with Crippen LogP contribution in [-0.2, 0) is 16.1 Å². The first kappa shape index (κ1) is 25.1. The van der Waals surface area contributed by atoms with Gasteiger partial charge in [-0.15, -0.1) is 0 Å². The normalized spacial score (nSPS) is 17.6. The maximum absolute atomic E-state index is 13.5. The molecule has 0 radical (unpaired) electrons. The minimum Gasteiger partial charge on any atom is -0.378 e. The highest BCUT2D eigenvalue weighted by atomic mass is 16.5. The number of morpholine rings is 1. The summed E-state index contributed by atoms with van der Waals surface area (Å²) in [6, 6.07) is 11.8. The standard InChI is InChI=1S/C27H37N5O3/c1-21(2)18-26(33)32-12-5-11-31(13-10-28-20-23-6-3-4-7-24(23)32)27(34)22-8-9-29-25(19-22)30-14-16-35-17-15-30/h3-4,6-9,19,21,28H,5,10-18,20H2,1-2H3. The molecule has 188 valence electrons. The van der Waals surface area contributed by atoms with Crippen molar-refractivity contribution in [1.29, 1.82) is 0 Å². The number of carbonyl (C=O) groups excluding carboxylic acids is 2. The zero-order valence-corrected chi connectivity index (χ0v) is 20.9. The van der Waals surface area contributed by atoms with Crippen molar-refractivity contribution in [2.24, 2.45) is 5.92 Å². The number of benzene rings is 1. The van der Waals surface area contributed by atoms with Crippen molar-refractivity contribution < 1.29 is 14.3 Å². The van der Waals surface area contributed by atoms with E-state index in [4.69, 9.17) is 4.74 Å². The van der Waals surface area contributed by atoms with Gasteiger partial charge in [0.1, 0.15) is 5.82 Å². The molecular weight excluding hydrogens is 442 g/mol. The van der Waals surface area contributed by atoms with Crippen LogP contribution < -0.4 is 15.1 Å². The number of hydrogen-bond acceptors (Lipinski definition) is 6. The number of hydrogen-bond donors (Lipinski definition) is 1. The summed E-state index contributed by atoms with van der Waals surface area (Å²) in [6.45, 7) is 10.1. The van der Waals surface area contributed by atoms with Crippen LogP contribution in [0.1, 0.15) is 42.6 Å². The van der Waals surface area contributed by atoms with E-state index in [-0.39, 0.29) is 17.7 Å². The number of aromatic nitrogens is 1. The van der Waals surface area contributed by atoms with Crippen LogP contribution in [0.3, 0.4) is 0 Å². The summed E-state index contributed by atoms with van der Waals surface area (Å²) in [5.74, 6) is 1.24. The summed E-state index contributed by atoms with van der Waals surface area (Å²) in [5.41, 5.74) is 2.72. The highest BCUT2D eigenvalue weighted by molar-refractivity contribution is 5.95. The number of nitrogens with one attached hydrogen (secondary N) is 1. The zero-order chi connectivity index (χ0) is 24.6. The Balaban J connectivity index is 1.50. The summed E-state index contributed by atoms with van der Waals surface area (Å²) >= 11 is 0. The van der Waals surface area contributed by atoms with Crippen LogP contribution in [0, 0.1) is 5.92 Å². The zero-order valence-electron chi connectivity index (χ0n) is 20.9. The van der Waals surface area contributed by atoms with Gasteiger partial charge in [-0.3, -0.25) is 9.59 Å². The van der Waals surface area contributed by atoms with Crippen molar-refractivity contribution in [1.82, 2.24) is 15.2 Å². The smallest absolute Gasteiger partial charge is 0.254 e. The van der Waals surface area contributed by atoms with E-state index < -0.39 is 0 Å². The molecule has 0 unspecified atom stereocenters. The molecular formula is C27H37N5O3. The molecule has 0 bridgehead atoms. The van der Waals surface area contributed by atoms with Crippen LogP contribution in [0.4, 0.5) is 11.5 Å². The van der Waals surface area contributed by atoms with Crippen molar-refractivity contribution in [3.8, 4) is 0 Å². The van der Waals surface area contributed by atoms with Crippen LogP contribution >= 0.6 is 0 Å². The van der Waals surface area contributed by atoms with E-state index in [1.165, 1.54) is 0 Å². The number of fused-ring (bicyclic) bond motifs is 1. The Kier molecular flexibility index (Phi) is 8.71. The second-order valence-electron chi connectivity index (χ2n) is 9.60. The highest BCUT2D eigenvalue weighted by Gasteiger charge is 2.23. The molecule has 3 heterocycles. The maximum atomic E-state index is 13.5. The van der Waals surface area contributed by atoms with Gasteiger partial charge < -0.3 is 24.8 Å². The average Bonchev–Trinajstić information content (AvgIpc) is 2.92. The van der Waals surface area contributed by atoms with E-state index in [0.29, 0.717) is 64.3 Å². The van der Waals surface area contributed by atoms with Gasteiger partial charge in [0.25, 0.3) is 5.91 Å². The van der Waals surface area contributed by atoms with Gasteiger partial charge in [0.2, 0.25) is 5.91 Å². The third-order valence-electron chi connectivity index (χ3n) is 6.46. The van der Waals surface area contributed by atoms with E-state index in [9.17, 15) is 9.59 Å². The van der Waals surface area contributed by atoms with Gasteiger partial charge in [-0.2, -0.15) is 0 Å². The lowest BCUT2D eigenvalue weighted by atomic mass is 10.1. The Morgan fingerprint density at radius 3 is 2.66 bits per heavy atom. The highest BCUT2D eigenvalue weighted by Crippen LogP contribution is 2.23. The van der Waals surface area contributed by atoms with Gasteiger partial charge in [0.15, 0.2) is 0 Å². The average molecular weight is 480 g/mol.